The van der Waals surface area contributed by atoms with Gasteiger partial charge < -0.3 is 5.32 Å². The summed E-state index contributed by atoms with van der Waals surface area (Å²) in [4.78, 5) is 0. The lowest BCUT2D eigenvalue weighted by Gasteiger charge is -2.18. The molecular formula is C12H11FN. The second-order valence-corrected chi connectivity index (χ2v) is 3.30. The average Bonchev–Trinajstić information content (AvgIpc) is 2.18. The fourth-order valence-electron chi connectivity index (χ4n) is 1.50. The summed E-state index contributed by atoms with van der Waals surface area (Å²) in [7, 11) is 0. The molecule has 1 unspecified atom stereocenters. The lowest BCUT2D eigenvalue weighted by molar-refractivity contribution is 0.586. The Kier molecular flexibility index (Phi) is 2.35. The lowest BCUT2D eigenvalue weighted by Crippen LogP contribution is -2.17. The summed E-state index contributed by atoms with van der Waals surface area (Å²) >= 11 is 0. The number of allylic oxidation sites excluding steroid dienone is 2. The van der Waals surface area contributed by atoms with Gasteiger partial charge in [0, 0.05) is 17.8 Å². The van der Waals surface area contributed by atoms with Gasteiger partial charge in [0.15, 0.2) is 0 Å². The molecule has 0 spiro atoms. The van der Waals surface area contributed by atoms with E-state index in [0.29, 0.717) is 5.56 Å². The third-order valence-corrected chi connectivity index (χ3v) is 2.22. The first-order chi connectivity index (χ1) is 6.77. The van der Waals surface area contributed by atoms with Crippen molar-refractivity contribution < 1.29 is 4.39 Å². The van der Waals surface area contributed by atoms with E-state index in [1.807, 2.05) is 19.1 Å². The second kappa shape index (κ2) is 3.66. The van der Waals surface area contributed by atoms with E-state index in [-0.39, 0.29) is 11.9 Å². The Bertz CT molecular complexity index is 393. The molecule has 0 aliphatic carbocycles. The highest BCUT2D eigenvalue weighted by Gasteiger charge is 2.12. The van der Waals surface area contributed by atoms with Crippen molar-refractivity contribution >= 4 is 0 Å². The Balaban J connectivity index is 2.33. The van der Waals surface area contributed by atoms with Crippen LogP contribution in [0.3, 0.4) is 0 Å². The topological polar surface area (TPSA) is 12.0 Å². The maximum absolute atomic E-state index is 13.4. The van der Waals surface area contributed by atoms with Gasteiger partial charge in [-0.05, 0) is 18.6 Å². The van der Waals surface area contributed by atoms with Crippen molar-refractivity contribution in [3.63, 3.8) is 0 Å². The zero-order valence-corrected chi connectivity index (χ0v) is 7.92. The molecule has 0 amide bonds. The number of hydrogen-bond donors (Lipinski definition) is 1. The summed E-state index contributed by atoms with van der Waals surface area (Å²) in [6.45, 7) is 1.95. The number of halogens is 1. The zero-order chi connectivity index (χ0) is 9.97. The molecular weight excluding hydrogens is 177 g/mol. The Labute approximate surface area is 83.0 Å². The van der Waals surface area contributed by atoms with E-state index in [2.05, 4.69) is 11.4 Å². The van der Waals surface area contributed by atoms with Crippen LogP contribution in [0.5, 0.6) is 0 Å². The maximum Gasteiger partial charge on any atom is 0.128 e. The van der Waals surface area contributed by atoms with Crippen LogP contribution < -0.4 is 5.32 Å². The summed E-state index contributed by atoms with van der Waals surface area (Å²) in [5.41, 5.74) is 1.70. The van der Waals surface area contributed by atoms with Crippen molar-refractivity contribution in [1.29, 1.82) is 0 Å². The van der Waals surface area contributed by atoms with Gasteiger partial charge in [0.2, 0.25) is 0 Å². The van der Waals surface area contributed by atoms with E-state index in [1.54, 1.807) is 18.3 Å². The average molecular weight is 188 g/mol. The minimum Gasteiger partial charge on any atom is -0.380 e. The first-order valence-electron chi connectivity index (χ1n) is 4.54. The summed E-state index contributed by atoms with van der Waals surface area (Å²) in [6, 6.07) is 6.72. The fraction of sp³-hybridized carbons (Fsp3) is 0.167. The van der Waals surface area contributed by atoms with E-state index < -0.39 is 0 Å². The van der Waals surface area contributed by atoms with Gasteiger partial charge in [0.25, 0.3) is 0 Å². The Morgan fingerprint density at radius 3 is 2.86 bits per heavy atom. The molecule has 2 heteroatoms. The van der Waals surface area contributed by atoms with E-state index >= 15 is 0 Å². The van der Waals surface area contributed by atoms with Crippen molar-refractivity contribution in [1.82, 2.24) is 5.32 Å². The lowest BCUT2D eigenvalue weighted by atomic mass is 10.0. The molecule has 71 valence electrons. The van der Waals surface area contributed by atoms with Crippen molar-refractivity contribution in [2.75, 3.05) is 0 Å². The molecule has 14 heavy (non-hydrogen) atoms. The Morgan fingerprint density at radius 2 is 2.14 bits per heavy atom. The van der Waals surface area contributed by atoms with Crippen molar-refractivity contribution in [3.05, 3.63) is 59.6 Å². The predicted octanol–water partition coefficient (Wildman–Crippen LogP) is 2.73. The molecule has 1 heterocycles. The van der Waals surface area contributed by atoms with Crippen LogP contribution in [0.4, 0.5) is 4.39 Å². The third-order valence-electron chi connectivity index (χ3n) is 2.22. The van der Waals surface area contributed by atoms with Gasteiger partial charge in [0.05, 0.1) is 6.04 Å². The van der Waals surface area contributed by atoms with Gasteiger partial charge in [-0.1, -0.05) is 24.3 Å². The number of hydrogen-bond acceptors (Lipinski definition) is 1. The normalized spacial score (nSPS) is 20.1. The van der Waals surface area contributed by atoms with Crippen LogP contribution in [-0.2, 0) is 0 Å². The van der Waals surface area contributed by atoms with Crippen LogP contribution in [-0.4, -0.2) is 0 Å². The van der Waals surface area contributed by atoms with E-state index in [1.165, 1.54) is 6.07 Å². The molecule has 1 atom stereocenters. The predicted molar refractivity (Wildman–Crippen MR) is 53.8 cm³/mol. The fourth-order valence-corrected chi connectivity index (χ4v) is 1.50. The molecule has 1 N–H and O–H groups in total. The second-order valence-electron chi connectivity index (χ2n) is 3.30. The van der Waals surface area contributed by atoms with Crippen LogP contribution in [0.15, 0.2) is 42.1 Å². The highest BCUT2D eigenvalue weighted by atomic mass is 19.1. The molecule has 0 aromatic heterocycles. The van der Waals surface area contributed by atoms with Crippen molar-refractivity contribution in [3.8, 4) is 0 Å². The third kappa shape index (κ3) is 1.69. The molecule has 1 aliphatic rings. The first-order valence-corrected chi connectivity index (χ1v) is 4.54. The highest BCUT2D eigenvalue weighted by Crippen LogP contribution is 2.21. The summed E-state index contributed by atoms with van der Waals surface area (Å²) in [6.07, 6.45) is 6.69. The summed E-state index contributed by atoms with van der Waals surface area (Å²) < 4.78 is 13.4. The smallest absolute Gasteiger partial charge is 0.128 e. The number of benzene rings is 1. The minimum atomic E-state index is -0.177. The quantitative estimate of drug-likeness (QED) is 0.714. The van der Waals surface area contributed by atoms with Gasteiger partial charge >= 0.3 is 0 Å². The highest BCUT2D eigenvalue weighted by molar-refractivity contribution is 5.30. The van der Waals surface area contributed by atoms with E-state index in [4.69, 9.17) is 0 Å². The van der Waals surface area contributed by atoms with Crippen LogP contribution in [0, 0.1) is 11.9 Å². The SMILES string of the molecule is CC1=CC(c2ccccc2F)NC=[C]1. The maximum atomic E-state index is 13.4. The monoisotopic (exact) mass is 188 g/mol. The van der Waals surface area contributed by atoms with Crippen LogP contribution >= 0.6 is 0 Å². The molecule has 1 aromatic carbocycles. The number of nitrogens with one attached hydrogen (secondary N) is 1. The van der Waals surface area contributed by atoms with E-state index in [0.717, 1.165) is 5.57 Å². The molecule has 0 saturated carbocycles. The van der Waals surface area contributed by atoms with Gasteiger partial charge in [-0.15, -0.1) is 0 Å². The van der Waals surface area contributed by atoms with Crippen LogP contribution in [0.25, 0.3) is 0 Å². The summed E-state index contributed by atoms with van der Waals surface area (Å²) in [5, 5.41) is 3.05. The molecule has 2 rings (SSSR count). The molecule has 1 radical (unpaired) electrons. The zero-order valence-electron chi connectivity index (χ0n) is 7.92. The Hall–Kier alpha value is -1.57. The Morgan fingerprint density at radius 1 is 1.36 bits per heavy atom. The van der Waals surface area contributed by atoms with Crippen LogP contribution in [0.1, 0.15) is 18.5 Å². The van der Waals surface area contributed by atoms with Gasteiger partial charge in [0.1, 0.15) is 5.82 Å². The summed E-state index contributed by atoms with van der Waals surface area (Å²) in [5.74, 6) is -0.177. The van der Waals surface area contributed by atoms with E-state index in [9.17, 15) is 4.39 Å². The largest absolute Gasteiger partial charge is 0.380 e. The van der Waals surface area contributed by atoms with Gasteiger partial charge in [-0.2, -0.15) is 0 Å². The van der Waals surface area contributed by atoms with Gasteiger partial charge in [-0.3, -0.25) is 0 Å². The minimum absolute atomic E-state index is 0.0718. The number of rotatable bonds is 1. The van der Waals surface area contributed by atoms with Gasteiger partial charge in [-0.25, -0.2) is 4.39 Å². The molecule has 1 aromatic rings. The van der Waals surface area contributed by atoms with Crippen LogP contribution in [0.2, 0.25) is 0 Å². The number of dihydropyridines is 1. The molecule has 0 fully saturated rings. The molecule has 0 saturated heterocycles. The standard InChI is InChI=1S/C12H11FN/c1-9-6-7-14-12(8-9)10-4-2-3-5-11(10)13/h2-5,7-8,12,14H,1H3. The van der Waals surface area contributed by atoms with Crippen molar-refractivity contribution in [2.45, 2.75) is 13.0 Å². The van der Waals surface area contributed by atoms with Crippen molar-refractivity contribution in [2.24, 2.45) is 0 Å². The molecule has 0 bridgehead atoms. The molecule has 1 aliphatic heterocycles. The molecule has 1 nitrogen and oxygen atoms in total. The first kappa shape index (κ1) is 9.00.